The van der Waals surface area contributed by atoms with Crippen molar-refractivity contribution in [2.24, 2.45) is 0 Å². The first-order chi connectivity index (χ1) is 6.41. The summed E-state index contributed by atoms with van der Waals surface area (Å²) in [6.45, 7) is 9.09. The molecule has 0 heterocycles. The van der Waals surface area contributed by atoms with E-state index in [0.717, 1.165) is 18.7 Å². The van der Waals surface area contributed by atoms with E-state index < -0.39 is 0 Å². The zero-order valence-corrected chi connectivity index (χ0v) is 11.0. The molecule has 0 rings (SSSR count). The molecule has 0 aliphatic carbocycles. The molecule has 0 aliphatic rings. The van der Waals surface area contributed by atoms with Crippen molar-refractivity contribution >= 4 is 11.8 Å². The molecule has 0 radical (unpaired) electrons. The summed E-state index contributed by atoms with van der Waals surface area (Å²) in [5, 5.41) is 3.09. The second-order valence-corrected chi connectivity index (χ2v) is 2.73. The third kappa shape index (κ3) is 33.3. The van der Waals surface area contributed by atoms with Crippen LogP contribution in [0.25, 0.3) is 0 Å². The Morgan fingerprint density at radius 3 is 2.00 bits per heavy atom. The highest BCUT2D eigenvalue weighted by atomic mass is 32.2. The van der Waals surface area contributed by atoms with E-state index >= 15 is 0 Å². The van der Waals surface area contributed by atoms with Gasteiger partial charge in [0.25, 0.3) is 0 Å². The summed E-state index contributed by atoms with van der Waals surface area (Å²) in [7, 11) is 1.97. The van der Waals surface area contributed by atoms with Crippen LogP contribution in [-0.2, 0) is 0 Å². The van der Waals surface area contributed by atoms with E-state index in [2.05, 4.69) is 23.7 Å². The standard InChI is InChI=1S/C7H15NS.2C2H6/c1-8-6-4-3-5-7-9-2;2*1-2/h3,5,8H,4,6-7H2,1-2H3;2*1-2H3/b5-3-;;. The molecular weight excluding hydrogens is 178 g/mol. The van der Waals surface area contributed by atoms with Gasteiger partial charge in [-0.05, 0) is 26.3 Å². The fourth-order valence-corrected chi connectivity index (χ4v) is 0.838. The number of rotatable bonds is 5. The van der Waals surface area contributed by atoms with Crippen LogP contribution >= 0.6 is 11.8 Å². The number of nitrogens with one attached hydrogen (secondary N) is 1. The largest absolute Gasteiger partial charge is 0.319 e. The van der Waals surface area contributed by atoms with E-state index in [9.17, 15) is 0 Å². The maximum Gasteiger partial charge on any atom is 0.0110 e. The molecule has 82 valence electrons. The van der Waals surface area contributed by atoms with Crippen molar-refractivity contribution in [3.63, 3.8) is 0 Å². The number of hydrogen-bond donors (Lipinski definition) is 1. The first-order valence-corrected chi connectivity index (χ1v) is 6.59. The quantitative estimate of drug-likeness (QED) is 0.544. The van der Waals surface area contributed by atoms with Crippen molar-refractivity contribution in [2.75, 3.05) is 25.6 Å². The van der Waals surface area contributed by atoms with Crippen LogP contribution in [0, 0.1) is 0 Å². The van der Waals surface area contributed by atoms with Crippen LogP contribution < -0.4 is 5.32 Å². The summed E-state index contributed by atoms with van der Waals surface area (Å²) in [6, 6.07) is 0. The molecule has 1 N–H and O–H groups in total. The van der Waals surface area contributed by atoms with E-state index in [-0.39, 0.29) is 0 Å². The number of thioether (sulfide) groups is 1. The highest BCUT2D eigenvalue weighted by molar-refractivity contribution is 7.98. The second kappa shape index (κ2) is 29.6. The smallest absolute Gasteiger partial charge is 0.0110 e. The van der Waals surface area contributed by atoms with Crippen LogP contribution in [0.15, 0.2) is 12.2 Å². The predicted molar refractivity (Wildman–Crippen MR) is 68.8 cm³/mol. The molecule has 0 saturated carbocycles. The average molecular weight is 205 g/mol. The Morgan fingerprint density at radius 2 is 1.62 bits per heavy atom. The predicted octanol–water partition coefficient (Wildman–Crippen LogP) is 3.57. The van der Waals surface area contributed by atoms with Gasteiger partial charge in [0.15, 0.2) is 0 Å². The minimum Gasteiger partial charge on any atom is -0.319 e. The fraction of sp³-hybridized carbons (Fsp3) is 0.818. The Bertz CT molecular complexity index is 72.5. The summed E-state index contributed by atoms with van der Waals surface area (Å²) in [5.41, 5.74) is 0. The molecule has 2 heteroatoms. The van der Waals surface area contributed by atoms with Crippen LogP contribution in [0.4, 0.5) is 0 Å². The SMILES string of the molecule is CC.CC.CNCC/C=C\CSC. The maximum absolute atomic E-state index is 3.09. The van der Waals surface area contributed by atoms with Gasteiger partial charge in [-0.1, -0.05) is 39.8 Å². The summed E-state index contributed by atoms with van der Waals surface area (Å²) in [6.07, 6.45) is 7.69. The van der Waals surface area contributed by atoms with Crippen LogP contribution in [0.2, 0.25) is 0 Å². The minimum absolute atomic E-state index is 1.09. The van der Waals surface area contributed by atoms with Gasteiger partial charge in [0, 0.05) is 5.75 Å². The molecule has 0 atom stereocenters. The summed E-state index contributed by atoms with van der Waals surface area (Å²) in [5.74, 6) is 1.14. The Hall–Kier alpha value is 0.0500. The molecule has 0 aromatic rings. The summed E-state index contributed by atoms with van der Waals surface area (Å²) in [4.78, 5) is 0. The lowest BCUT2D eigenvalue weighted by atomic mass is 10.4. The molecule has 0 aliphatic heterocycles. The van der Waals surface area contributed by atoms with E-state index in [4.69, 9.17) is 0 Å². The van der Waals surface area contributed by atoms with Crippen LogP contribution in [0.3, 0.4) is 0 Å². The number of hydrogen-bond acceptors (Lipinski definition) is 2. The van der Waals surface area contributed by atoms with Crippen molar-refractivity contribution in [1.29, 1.82) is 0 Å². The van der Waals surface area contributed by atoms with Crippen molar-refractivity contribution in [3.8, 4) is 0 Å². The molecule has 1 nitrogen and oxygen atoms in total. The topological polar surface area (TPSA) is 12.0 Å². The van der Waals surface area contributed by atoms with E-state index in [1.807, 2.05) is 46.5 Å². The second-order valence-electron chi connectivity index (χ2n) is 1.82. The van der Waals surface area contributed by atoms with Crippen molar-refractivity contribution in [1.82, 2.24) is 5.32 Å². The minimum atomic E-state index is 1.09. The van der Waals surface area contributed by atoms with Gasteiger partial charge >= 0.3 is 0 Å². The van der Waals surface area contributed by atoms with Crippen molar-refractivity contribution in [3.05, 3.63) is 12.2 Å². The zero-order valence-electron chi connectivity index (χ0n) is 10.2. The molecule has 0 fully saturated rings. The van der Waals surface area contributed by atoms with E-state index in [1.54, 1.807) is 0 Å². The molecular formula is C11H27NS. The third-order valence-electron chi connectivity index (χ3n) is 0.991. The van der Waals surface area contributed by atoms with Gasteiger partial charge in [-0.15, -0.1) is 0 Å². The van der Waals surface area contributed by atoms with Crippen LogP contribution in [0.5, 0.6) is 0 Å². The van der Waals surface area contributed by atoms with Gasteiger partial charge in [0.1, 0.15) is 0 Å². The Balaban J connectivity index is -0.000000218. The fourth-order valence-electron chi connectivity index (χ4n) is 0.510. The van der Waals surface area contributed by atoms with Crippen LogP contribution in [0.1, 0.15) is 34.1 Å². The average Bonchev–Trinajstić information content (AvgIpc) is 2.24. The van der Waals surface area contributed by atoms with Gasteiger partial charge in [0.2, 0.25) is 0 Å². The summed E-state index contributed by atoms with van der Waals surface area (Å²) >= 11 is 1.85. The van der Waals surface area contributed by atoms with Gasteiger partial charge in [-0.3, -0.25) is 0 Å². The Morgan fingerprint density at radius 1 is 1.08 bits per heavy atom. The zero-order chi connectivity index (χ0) is 10.9. The van der Waals surface area contributed by atoms with Crippen LogP contribution in [-0.4, -0.2) is 25.6 Å². The van der Waals surface area contributed by atoms with Gasteiger partial charge in [0.05, 0.1) is 0 Å². The highest BCUT2D eigenvalue weighted by Crippen LogP contribution is 1.91. The molecule has 0 unspecified atom stereocenters. The van der Waals surface area contributed by atoms with E-state index in [0.29, 0.717) is 0 Å². The Labute approximate surface area is 89.4 Å². The molecule has 13 heavy (non-hydrogen) atoms. The van der Waals surface area contributed by atoms with Crippen molar-refractivity contribution < 1.29 is 0 Å². The van der Waals surface area contributed by atoms with E-state index in [1.165, 1.54) is 0 Å². The lowest BCUT2D eigenvalue weighted by Gasteiger charge is -1.89. The highest BCUT2D eigenvalue weighted by Gasteiger charge is 1.75. The molecule has 0 spiro atoms. The maximum atomic E-state index is 3.09. The van der Waals surface area contributed by atoms with Gasteiger partial charge in [-0.2, -0.15) is 11.8 Å². The third-order valence-corrected chi connectivity index (χ3v) is 1.52. The lowest BCUT2D eigenvalue weighted by molar-refractivity contribution is 0.807. The first-order valence-electron chi connectivity index (χ1n) is 5.20. The molecule has 0 aromatic heterocycles. The first kappa shape index (κ1) is 18.8. The normalized spacial score (nSPS) is 8.46. The molecule has 0 bridgehead atoms. The van der Waals surface area contributed by atoms with Gasteiger partial charge < -0.3 is 5.32 Å². The van der Waals surface area contributed by atoms with Gasteiger partial charge in [-0.25, -0.2) is 0 Å². The summed E-state index contributed by atoms with van der Waals surface area (Å²) < 4.78 is 0. The van der Waals surface area contributed by atoms with Crippen molar-refractivity contribution in [2.45, 2.75) is 34.1 Å². The molecule has 0 amide bonds. The molecule has 0 aromatic carbocycles. The Kier molecular flexibility index (Phi) is 42.7. The molecule has 0 saturated heterocycles. The monoisotopic (exact) mass is 205 g/mol. The lowest BCUT2D eigenvalue weighted by Crippen LogP contribution is -2.05.